The van der Waals surface area contributed by atoms with Crippen LogP contribution in [0.1, 0.15) is 47.7 Å². The van der Waals surface area contributed by atoms with Crippen molar-refractivity contribution in [3.8, 4) is 17.1 Å². The predicted octanol–water partition coefficient (Wildman–Crippen LogP) is 4.06. The van der Waals surface area contributed by atoms with Gasteiger partial charge in [-0.3, -0.25) is 14.7 Å². The summed E-state index contributed by atoms with van der Waals surface area (Å²) in [5.41, 5.74) is 5.41. The van der Waals surface area contributed by atoms with E-state index in [0.717, 1.165) is 84.2 Å². The average molecular weight is 469 g/mol. The Morgan fingerprint density at radius 3 is 2.74 bits per heavy atom. The van der Waals surface area contributed by atoms with Gasteiger partial charge in [0.05, 0.1) is 22.7 Å². The Hall–Kier alpha value is -3.78. The lowest BCUT2D eigenvalue weighted by molar-refractivity contribution is 0.242. The number of hydrogen-bond acceptors (Lipinski definition) is 6. The summed E-state index contributed by atoms with van der Waals surface area (Å²) in [6.45, 7) is 4.79. The van der Waals surface area contributed by atoms with Crippen LogP contribution in [0.4, 0.5) is 0 Å². The van der Waals surface area contributed by atoms with Crippen LogP contribution in [0.2, 0.25) is 0 Å². The summed E-state index contributed by atoms with van der Waals surface area (Å²) in [6.07, 6.45) is 5.89. The molecule has 4 aromatic rings. The number of nitrogens with zero attached hydrogens (tertiary/aromatic N) is 5. The van der Waals surface area contributed by atoms with E-state index in [4.69, 9.17) is 14.5 Å². The Morgan fingerprint density at radius 1 is 1.09 bits per heavy atom. The summed E-state index contributed by atoms with van der Waals surface area (Å²) >= 11 is 0. The maximum Gasteiger partial charge on any atom is 0.255 e. The standard InChI is InChI=1S/C27H28N6O2/c1-18-10-11-24(35-18)25-19(16-33(31-25)20-7-3-2-4-8-20)15-32-14-12-22-21(17-32)27(34)30-26(29-22)23-9-5-6-13-28-23/h2-4,7-8,10-11,16H,5-6,9,12-15,17H2,1H3,(H,29,30,34). The molecule has 1 aromatic carbocycles. The molecule has 0 saturated carbocycles. The maximum atomic E-state index is 13.0. The fourth-order valence-electron chi connectivity index (χ4n) is 4.89. The molecule has 0 atom stereocenters. The van der Waals surface area contributed by atoms with E-state index < -0.39 is 0 Å². The minimum atomic E-state index is -0.0511. The van der Waals surface area contributed by atoms with Gasteiger partial charge < -0.3 is 9.40 Å². The van der Waals surface area contributed by atoms with E-state index in [9.17, 15) is 4.79 Å². The molecular weight excluding hydrogens is 440 g/mol. The first-order chi connectivity index (χ1) is 17.1. The lowest BCUT2D eigenvalue weighted by atomic mass is 10.0. The Kier molecular flexibility index (Phi) is 5.66. The van der Waals surface area contributed by atoms with E-state index in [2.05, 4.69) is 21.1 Å². The summed E-state index contributed by atoms with van der Waals surface area (Å²) in [4.78, 5) is 27.7. The Bertz CT molecular complexity index is 1450. The van der Waals surface area contributed by atoms with Crippen LogP contribution in [0.15, 0.2) is 62.9 Å². The van der Waals surface area contributed by atoms with Crippen LogP contribution in [-0.2, 0) is 19.5 Å². The van der Waals surface area contributed by atoms with Crippen molar-refractivity contribution < 1.29 is 4.42 Å². The first kappa shape index (κ1) is 21.7. The molecule has 0 saturated heterocycles. The zero-order valence-corrected chi connectivity index (χ0v) is 19.8. The molecule has 0 aliphatic carbocycles. The highest BCUT2D eigenvalue weighted by atomic mass is 16.3. The molecule has 8 heteroatoms. The number of nitrogens with one attached hydrogen (secondary N) is 1. The van der Waals surface area contributed by atoms with E-state index in [1.807, 2.05) is 54.1 Å². The van der Waals surface area contributed by atoms with Crippen molar-refractivity contribution in [1.82, 2.24) is 24.6 Å². The van der Waals surface area contributed by atoms with Crippen LogP contribution in [-0.4, -0.2) is 43.4 Å². The molecule has 0 bridgehead atoms. The summed E-state index contributed by atoms with van der Waals surface area (Å²) in [6, 6.07) is 14.0. The van der Waals surface area contributed by atoms with Crippen molar-refractivity contribution in [3.63, 3.8) is 0 Å². The van der Waals surface area contributed by atoms with Crippen molar-refractivity contribution in [2.75, 3.05) is 13.1 Å². The van der Waals surface area contributed by atoms with Crippen LogP contribution in [0.25, 0.3) is 17.1 Å². The normalized spacial score (nSPS) is 16.2. The number of H-pyrrole nitrogens is 1. The van der Waals surface area contributed by atoms with Gasteiger partial charge in [-0.15, -0.1) is 0 Å². The smallest absolute Gasteiger partial charge is 0.255 e. The summed E-state index contributed by atoms with van der Waals surface area (Å²) < 4.78 is 7.82. The minimum absolute atomic E-state index is 0.0511. The molecule has 1 N–H and O–H groups in total. The number of aliphatic imine (C=N–C) groups is 1. The molecule has 2 aliphatic heterocycles. The molecule has 3 aromatic heterocycles. The second-order valence-corrected chi connectivity index (χ2v) is 9.28. The first-order valence-corrected chi connectivity index (χ1v) is 12.2. The van der Waals surface area contributed by atoms with Crippen molar-refractivity contribution in [3.05, 3.63) is 87.4 Å². The Labute approximate surface area is 203 Å². The van der Waals surface area contributed by atoms with Crippen molar-refractivity contribution in [2.45, 2.75) is 45.7 Å². The van der Waals surface area contributed by atoms with Crippen molar-refractivity contribution in [1.29, 1.82) is 0 Å². The van der Waals surface area contributed by atoms with Crippen LogP contribution in [0.3, 0.4) is 0 Å². The average Bonchev–Trinajstić information content (AvgIpc) is 3.51. The van der Waals surface area contributed by atoms with Gasteiger partial charge in [-0.25, -0.2) is 9.67 Å². The quantitative estimate of drug-likeness (QED) is 0.477. The van der Waals surface area contributed by atoms with Gasteiger partial charge in [-0.2, -0.15) is 5.10 Å². The monoisotopic (exact) mass is 468 g/mol. The van der Waals surface area contributed by atoms with Gasteiger partial charge in [0.15, 0.2) is 11.6 Å². The molecule has 0 fully saturated rings. The van der Waals surface area contributed by atoms with Crippen molar-refractivity contribution in [2.24, 2.45) is 4.99 Å². The third-order valence-electron chi connectivity index (χ3n) is 6.72. The van der Waals surface area contributed by atoms with E-state index >= 15 is 0 Å². The molecule has 0 spiro atoms. The SMILES string of the molecule is Cc1ccc(-c2nn(-c3ccccc3)cc2CN2CCc3nc(C4=NCCCC4)[nH]c(=O)c3C2)o1. The van der Waals surface area contributed by atoms with Gasteiger partial charge >= 0.3 is 0 Å². The topological polar surface area (TPSA) is 92.3 Å². The molecule has 0 amide bonds. The third kappa shape index (κ3) is 4.37. The third-order valence-corrected chi connectivity index (χ3v) is 6.72. The molecular formula is C27H28N6O2. The van der Waals surface area contributed by atoms with Gasteiger partial charge in [0.25, 0.3) is 5.56 Å². The number of fused-ring (bicyclic) bond motifs is 1. The van der Waals surface area contributed by atoms with Crippen LogP contribution in [0, 0.1) is 6.92 Å². The fourth-order valence-corrected chi connectivity index (χ4v) is 4.89. The number of furan rings is 1. The second kappa shape index (κ2) is 9.11. The predicted molar refractivity (Wildman–Crippen MR) is 134 cm³/mol. The first-order valence-electron chi connectivity index (χ1n) is 12.2. The number of aromatic nitrogens is 4. The van der Waals surface area contributed by atoms with E-state index in [0.29, 0.717) is 18.9 Å². The zero-order valence-electron chi connectivity index (χ0n) is 19.8. The lowest BCUT2D eigenvalue weighted by Crippen LogP contribution is -2.36. The van der Waals surface area contributed by atoms with Crippen molar-refractivity contribution >= 4 is 5.71 Å². The molecule has 0 unspecified atom stereocenters. The van der Waals surface area contributed by atoms with Gasteiger partial charge in [-0.05, 0) is 50.5 Å². The highest BCUT2D eigenvalue weighted by Gasteiger charge is 2.25. The van der Waals surface area contributed by atoms with E-state index in [1.54, 1.807) is 0 Å². The number of benzene rings is 1. The molecule has 35 heavy (non-hydrogen) atoms. The number of aryl methyl sites for hydroxylation is 1. The van der Waals surface area contributed by atoms with Crippen LogP contribution >= 0.6 is 0 Å². The summed E-state index contributed by atoms with van der Waals surface area (Å²) in [5.74, 6) is 2.26. The highest BCUT2D eigenvalue weighted by molar-refractivity contribution is 5.97. The molecule has 6 rings (SSSR count). The minimum Gasteiger partial charge on any atom is -0.460 e. The maximum absolute atomic E-state index is 13.0. The Balaban J connectivity index is 1.29. The van der Waals surface area contributed by atoms with Crippen LogP contribution < -0.4 is 5.56 Å². The molecule has 2 aliphatic rings. The van der Waals surface area contributed by atoms with Gasteiger partial charge in [0.1, 0.15) is 11.5 Å². The van der Waals surface area contributed by atoms with Gasteiger partial charge in [-0.1, -0.05) is 18.2 Å². The lowest BCUT2D eigenvalue weighted by Gasteiger charge is -2.27. The largest absolute Gasteiger partial charge is 0.460 e. The summed E-state index contributed by atoms with van der Waals surface area (Å²) in [7, 11) is 0. The van der Waals surface area contributed by atoms with Gasteiger partial charge in [0.2, 0.25) is 0 Å². The number of aromatic amines is 1. The second-order valence-electron chi connectivity index (χ2n) is 9.28. The van der Waals surface area contributed by atoms with Crippen LogP contribution in [0.5, 0.6) is 0 Å². The van der Waals surface area contributed by atoms with Gasteiger partial charge in [0, 0.05) is 44.4 Å². The van der Waals surface area contributed by atoms with E-state index in [1.165, 1.54) is 0 Å². The molecule has 5 heterocycles. The summed E-state index contributed by atoms with van der Waals surface area (Å²) in [5, 5.41) is 4.86. The fraction of sp³-hybridized carbons (Fsp3) is 0.333. The molecule has 178 valence electrons. The molecule has 8 nitrogen and oxygen atoms in total. The zero-order chi connectivity index (χ0) is 23.8. The Morgan fingerprint density at radius 2 is 1.97 bits per heavy atom. The highest BCUT2D eigenvalue weighted by Crippen LogP contribution is 2.28. The number of hydrogen-bond donors (Lipinski definition) is 1. The number of rotatable bonds is 5. The molecule has 0 radical (unpaired) electrons. The van der Waals surface area contributed by atoms with E-state index in [-0.39, 0.29) is 5.56 Å². The number of para-hydroxylation sites is 1.